The van der Waals surface area contributed by atoms with Crippen LogP contribution in [0.3, 0.4) is 0 Å². The summed E-state index contributed by atoms with van der Waals surface area (Å²) in [7, 11) is 1.61. The molecule has 3 nitrogen and oxygen atoms in total. The Balaban J connectivity index is 2.48. The number of hydrogen-bond acceptors (Lipinski definition) is 3. The number of fused-ring (bicyclic) bond motifs is 1. The van der Waals surface area contributed by atoms with Gasteiger partial charge >= 0.3 is 0 Å². The Morgan fingerprint density at radius 2 is 2.07 bits per heavy atom. The Morgan fingerprint density at radius 1 is 1.33 bits per heavy atom. The first-order valence-electron chi connectivity index (χ1n) is 5.00. The molecule has 1 N–H and O–H groups in total. The molecule has 1 aromatic carbocycles. The van der Waals surface area contributed by atoms with Crippen LogP contribution in [-0.4, -0.2) is 7.11 Å². The highest BCUT2D eigenvalue weighted by atomic mass is 16.6. The van der Waals surface area contributed by atoms with Crippen molar-refractivity contribution in [2.75, 3.05) is 7.11 Å². The molecule has 0 spiro atoms. The summed E-state index contributed by atoms with van der Waals surface area (Å²) >= 11 is 0. The lowest BCUT2D eigenvalue weighted by Crippen LogP contribution is -2.16. The zero-order valence-corrected chi connectivity index (χ0v) is 9.20. The van der Waals surface area contributed by atoms with Crippen LogP contribution in [-0.2, 0) is 4.84 Å². The molecule has 0 saturated heterocycles. The van der Waals surface area contributed by atoms with Crippen LogP contribution in [0.25, 0.3) is 11.0 Å². The summed E-state index contributed by atoms with van der Waals surface area (Å²) in [5, 5.41) is 1.16. The number of para-hydroxylation sites is 1. The molecule has 3 heteroatoms. The number of furan rings is 1. The number of benzene rings is 1. The first kappa shape index (κ1) is 10.2. The molecule has 0 fully saturated rings. The van der Waals surface area contributed by atoms with Crippen LogP contribution in [0.15, 0.2) is 28.7 Å². The molecule has 0 aliphatic heterocycles. The van der Waals surface area contributed by atoms with Gasteiger partial charge < -0.3 is 9.25 Å². The molecule has 2 aromatic rings. The zero-order chi connectivity index (χ0) is 10.8. The smallest absolute Gasteiger partial charge is 0.134 e. The minimum Gasteiger partial charge on any atom is -0.459 e. The van der Waals surface area contributed by atoms with Crippen LogP contribution in [0.1, 0.15) is 24.3 Å². The Labute approximate surface area is 89.0 Å². The topological polar surface area (TPSA) is 34.4 Å². The number of hydrogen-bond donors (Lipinski definition) is 1. The molecule has 0 saturated carbocycles. The van der Waals surface area contributed by atoms with Gasteiger partial charge in [-0.05, 0) is 19.9 Å². The quantitative estimate of drug-likeness (QED) is 0.782. The fraction of sp³-hybridized carbons (Fsp3) is 0.333. The number of hydroxylamine groups is 1. The van der Waals surface area contributed by atoms with Gasteiger partial charge in [-0.25, -0.2) is 0 Å². The molecule has 0 amide bonds. The Morgan fingerprint density at radius 3 is 2.73 bits per heavy atom. The second-order valence-corrected chi connectivity index (χ2v) is 3.63. The summed E-state index contributed by atoms with van der Waals surface area (Å²) in [6, 6.07) is 8.09. The van der Waals surface area contributed by atoms with Crippen molar-refractivity contribution < 1.29 is 9.25 Å². The minimum absolute atomic E-state index is 0.0578. The van der Waals surface area contributed by atoms with E-state index in [0.29, 0.717) is 0 Å². The fourth-order valence-electron chi connectivity index (χ4n) is 1.84. The second kappa shape index (κ2) is 4.04. The van der Waals surface area contributed by atoms with E-state index < -0.39 is 0 Å². The summed E-state index contributed by atoms with van der Waals surface area (Å²) in [6.45, 7) is 4.07. The van der Waals surface area contributed by atoms with Crippen molar-refractivity contribution in [3.63, 3.8) is 0 Å². The highest BCUT2D eigenvalue weighted by Crippen LogP contribution is 2.28. The van der Waals surface area contributed by atoms with E-state index in [4.69, 9.17) is 9.25 Å². The van der Waals surface area contributed by atoms with E-state index >= 15 is 0 Å². The van der Waals surface area contributed by atoms with Crippen LogP contribution in [0.5, 0.6) is 0 Å². The maximum absolute atomic E-state index is 5.77. The average Bonchev–Trinajstić information content (AvgIpc) is 2.57. The molecular weight excluding hydrogens is 190 g/mol. The van der Waals surface area contributed by atoms with Crippen molar-refractivity contribution in [3.8, 4) is 0 Å². The largest absolute Gasteiger partial charge is 0.459 e. The molecule has 15 heavy (non-hydrogen) atoms. The van der Waals surface area contributed by atoms with E-state index in [1.54, 1.807) is 7.11 Å². The molecule has 1 aromatic heterocycles. The van der Waals surface area contributed by atoms with Gasteiger partial charge in [0.05, 0.1) is 13.2 Å². The predicted molar refractivity (Wildman–Crippen MR) is 59.5 cm³/mol. The molecule has 2 rings (SSSR count). The Bertz CT molecular complexity index is 462. The summed E-state index contributed by atoms with van der Waals surface area (Å²) in [5.74, 6) is 0.929. The molecule has 1 heterocycles. The average molecular weight is 205 g/mol. The van der Waals surface area contributed by atoms with Crippen LogP contribution >= 0.6 is 0 Å². The third-order valence-corrected chi connectivity index (χ3v) is 2.57. The van der Waals surface area contributed by atoms with E-state index in [0.717, 1.165) is 16.7 Å². The van der Waals surface area contributed by atoms with Crippen molar-refractivity contribution in [1.29, 1.82) is 0 Å². The van der Waals surface area contributed by atoms with Gasteiger partial charge in [-0.1, -0.05) is 18.2 Å². The molecule has 0 aliphatic rings. The molecular formula is C12H15NO2. The molecule has 0 radical (unpaired) electrons. The second-order valence-electron chi connectivity index (χ2n) is 3.63. The van der Waals surface area contributed by atoms with Gasteiger partial charge in [-0.2, -0.15) is 5.48 Å². The van der Waals surface area contributed by atoms with Crippen molar-refractivity contribution in [2.45, 2.75) is 19.9 Å². The lowest BCUT2D eigenvalue weighted by Gasteiger charge is -2.09. The van der Waals surface area contributed by atoms with Gasteiger partial charge in [-0.15, -0.1) is 0 Å². The first-order valence-corrected chi connectivity index (χ1v) is 5.00. The maximum atomic E-state index is 5.77. The number of nitrogens with one attached hydrogen (secondary N) is 1. The van der Waals surface area contributed by atoms with Crippen molar-refractivity contribution in [3.05, 3.63) is 35.6 Å². The number of rotatable bonds is 3. The Kier molecular flexibility index (Phi) is 2.75. The summed E-state index contributed by atoms with van der Waals surface area (Å²) < 4.78 is 5.77. The van der Waals surface area contributed by atoms with Crippen LogP contribution < -0.4 is 5.48 Å². The van der Waals surface area contributed by atoms with Gasteiger partial charge in [0, 0.05) is 10.9 Å². The third kappa shape index (κ3) is 1.76. The summed E-state index contributed by atoms with van der Waals surface area (Å²) in [5.41, 5.74) is 4.96. The molecule has 80 valence electrons. The normalized spacial score (nSPS) is 13.3. The van der Waals surface area contributed by atoms with Crippen LogP contribution in [0.4, 0.5) is 0 Å². The van der Waals surface area contributed by atoms with E-state index in [2.05, 4.69) is 18.5 Å². The lowest BCUT2D eigenvalue weighted by atomic mass is 10.1. The fourth-order valence-corrected chi connectivity index (χ4v) is 1.84. The third-order valence-electron chi connectivity index (χ3n) is 2.57. The SMILES string of the molecule is CONC(C)c1oc2ccccc2c1C. The molecule has 1 unspecified atom stereocenters. The summed E-state index contributed by atoms with van der Waals surface area (Å²) in [6.07, 6.45) is 0. The van der Waals surface area contributed by atoms with Crippen LogP contribution in [0, 0.1) is 6.92 Å². The highest BCUT2D eigenvalue weighted by molar-refractivity contribution is 5.81. The van der Waals surface area contributed by atoms with E-state index in [1.807, 2.05) is 25.1 Å². The van der Waals surface area contributed by atoms with Crippen molar-refractivity contribution >= 4 is 11.0 Å². The number of aryl methyl sites for hydroxylation is 1. The van der Waals surface area contributed by atoms with Crippen LogP contribution in [0.2, 0.25) is 0 Å². The predicted octanol–water partition coefficient (Wildman–Crippen LogP) is 2.95. The lowest BCUT2D eigenvalue weighted by molar-refractivity contribution is 0.0598. The van der Waals surface area contributed by atoms with Gasteiger partial charge in [0.1, 0.15) is 11.3 Å². The van der Waals surface area contributed by atoms with Gasteiger partial charge in [0.15, 0.2) is 0 Å². The first-order chi connectivity index (χ1) is 7.24. The van der Waals surface area contributed by atoms with Crippen molar-refractivity contribution in [2.24, 2.45) is 0 Å². The highest BCUT2D eigenvalue weighted by Gasteiger charge is 2.15. The monoisotopic (exact) mass is 205 g/mol. The van der Waals surface area contributed by atoms with Gasteiger partial charge in [-0.3, -0.25) is 0 Å². The van der Waals surface area contributed by atoms with Crippen molar-refractivity contribution in [1.82, 2.24) is 5.48 Å². The van der Waals surface area contributed by atoms with E-state index in [9.17, 15) is 0 Å². The van der Waals surface area contributed by atoms with E-state index in [-0.39, 0.29) is 6.04 Å². The van der Waals surface area contributed by atoms with E-state index in [1.165, 1.54) is 5.56 Å². The Hall–Kier alpha value is -1.32. The summed E-state index contributed by atoms with van der Waals surface area (Å²) in [4.78, 5) is 4.90. The molecule has 1 atom stereocenters. The minimum atomic E-state index is 0.0578. The zero-order valence-electron chi connectivity index (χ0n) is 9.20. The van der Waals surface area contributed by atoms with Gasteiger partial charge in [0.25, 0.3) is 0 Å². The molecule has 0 bridgehead atoms. The molecule has 0 aliphatic carbocycles. The standard InChI is InChI=1S/C12H15NO2/c1-8-10-6-4-5-7-11(10)15-12(8)9(2)13-14-3/h4-7,9,13H,1-3H3. The van der Waals surface area contributed by atoms with Gasteiger partial charge in [0.2, 0.25) is 0 Å². The maximum Gasteiger partial charge on any atom is 0.134 e.